The van der Waals surface area contributed by atoms with Crippen molar-refractivity contribution in [1.82, 2.24) is 5.32 Å². The van der Waals surface area contributed by atoms with Crippen LogP contribution in [0.2, 0.25) is 0 Å². The molecule has 0 atom stereocenters. The number of hydrogen-bond acceptors (Lipinski definition) is 3. The predicted octanol–water partition coefficient (Wildman–Crippen LogP) is 3.47. The van der Waals surface area contributed by atoms with Gasteiger partial charge in [-0.15, -0.1) is 12.4 Å². The summed E-state index contributed by atoms with van der Waals surface area (Å²) in [4.78, 5) is 11.9. The van der Waals surface area contributed by atoms with Crippen LogP contribution in [-0.4, -0.2) is 32.0 Å². The quantitative estimate of drug-likeness (QED) is 0.793. The Bertz CT molecular complexity index is 466. The molecular weight excluding hydrogens is 326 g/mol. The van der Waals surface area contributed by atoms with Crippen LogP contribution in [0.4, 0.5) is 14.5 Å². The number of hydrogen-bond donors (Lipinski definition) is 2. The zero-order chi connectivity index (χ0) is 15.8. The molecule has 1 aliphatic heterocycles. The third-order valence-corrected chi connectivity index (χ3v) is 3.75. The lowest BCUT2D eigenvalue weighted by Gasteiger charge is -2.22. The number of rotatable bonds is 7. The van der Waals surface area contributed by atoms with E-state index in [1.807, 2.05) is 0 Å². The van der Waals surface area contributed by atoms with Gasteiger partial charge < -0.3 is 15.4 Å². The van der Waals surface area contributed by atoms with E-state index in [2.05, 4.69) is 10.6 Å². The van der Waals surface area contributed by atoms with Crippen LogP contribution in [0.25, 0.3) is 0 Å². The molecule has 1 heterocycles. The molecule has 1 fully saturated rings. The van der Waals surface area contributed by atoms with E-state index >= 15 is 0 Å². The molecule has 0 spiro atoms. The Morgan fingerprint density at radius 2 is 1.91 bits per heavy atom. The third kappa shape index (κ3) is 7.61. The Morgan fingerprint density at radius 1 is 1.26 bits per heavy atom. The Morgan fingerprint density at radius 3 is 2.52 bits per heavy atom. The molecule has 23 heavy (non-hydrogen) atoms. The molecule has 2 N–H and O–H groups in total. The van der Waals surface area contributed by atoms with E-state index in [4.69, 9.17) is 4.74 Å². The number of nitrogens with one attached hydrogen (secondary N) is 2. The van der Waals surface area contributed by atoms with Crippen LogP contribution < -0.4 is 15.4 Å². The Labute approximate surface area is 141 Å². The van der Waals surface area contributed by atoms with Gasteiger partial charge in [-0.25, -0.2) is 8.78 Å². The first kappa shape index (κ1) is 19.6. The molecule has 130 valence electrons. The van der Waals surface area contributed by atoms with Crippen LogP contribution in [-0.2, 0) is 4.79 Å². The fourth-order valence-corrected chi connectivity index (χ4v) is 2.52. The highest BCUT2D eigenvalue weighted by molar-refractivity contribution is 5.90. The second kappa shape index (κ2) is 10.4. The number of halogens is 3. The second-order valence-electron chi connectivity index (χ2n) is 5.51. The standard InChI is InChI=1S/C16H22F2N2O2.ClH/c17-15(18)11-22-14-4-2-13(3-5-14)20-16(21)6-1-12-7-9-19-10-8-12;/h2-5,12,15,19H,1,6-11H2,(H,20,21);1H. The van der Waals surface area contributed by atoms with Crippen molar-refractivity contribution in [2.24, 2.45) is 5.92 Å². The zero-order valence-corrected chi connectivity index (χ0v) is 13.7. The van der Waals surface area contributed by atoms with E-state index in [1.54, 1.807) is 24.3 Å². The van der Waals surface area contributed by atoms with E-state index in [1.165, 1.54) is 0 Å². The van der Waals surface area contributed by atoms with Crippen LogP contribution in [0, 0.1) is 5.92 Å². The fourth-order valence-electron chi connectivity index (χ4n) is 2.52. The van der Waals surface area contributed by atoms with Gasteiger partial charge in [0.1, 0.15) is 12.4 Å². The van der Waals surface area contributed by atoms with Crippen LogP contribution in [0.3, 0.4) is 0 Å². The number of carbonyl (C=O) groups is 1. The van der Waals surface area contributed by atoms with Gasteiger partial charge in [-0.1, -0.05) is 0 Å². The van der Waals surface area contributed by atoms with Crippen LogP contribution >= 0.6 is 12.4 Å². The molecule has 0 aliphatic carbocycles. The number of alkyl halides is 2. The Balaban J connectivity index is 0.00000264. The van der Waals surface area contributed by atoms with Crippen LogP contribution in [0.1, 0.15) is 25.7 Å². The minimum absolute atomic E-state index is 0. The van der Waals surface area contributed by atoms with Crippen molar-refractivity contribution in [2.45, 2.75) is 32.1 Å². The van der Waals surface area contributed by atoms with E-state index in [9.17, 15) is 13.6 Å². The molecule has 0 radical (unpaired) electrons. The summed E-state index contributed by atoms with van der Waals surface area (Å²) in [7, 11) is 0. The molecule has 1 saturated heterocycles. The number of carbonyl (C=O) groups excluding carboxylic acids is 1. The maximum absolute atomic E-state index is 12.0. The molecule has 2 rings (SSSR count). The van der Waals surface area contributed by atoms with E-state index in [-0.39, 0.29) is 18.3 Å². The topological polar surface area (TPSA) is 50.4 Å². The van der Waals surface area contributed by atoms with Gasteiger partial charge in [0.25, 0.3) is 6.43 Å². The van der Waals surface area contributed by atoms with Gasteiger partial charge in [0.15, 0.2) is 0 Å². The molecule has 7 heteroatoms. The third-order valence-electron chi connectivity index (χ3n) is 3.75. The highest BCUT2D eigenvalue weighted by Crippen LogP contribution is 2.19. The SMILES string of the molecule is Cl.O=C(CCC1CCNCC1)Nc1ccc(OCC(F)F)cc1. The van der Waals surface area contributed by atoms with E-state index in [0.717, 1.165) is 32.4 Å². The number of ether oxygens (including phenoxy) is 1. The number of piperidine rings is 1. The first-order valence-corrected chi connectivity index (χ1v) is 7.65. The Kier molecular flexibility index (Phi) is 8.87. The van der Waals surface area contributed by atoms with Gasteiger partial charge >= 0.3 is 0 Å². The lowest BCUT2D eigenvalue weighted by atomic mass is 9.93. The minimum atomic E-state index is -2.49. The summed E-state index contributed by atoms with van der Waals surface area (Å²) in [6, 6.07) is 6.46. The molecule has 1 amide bonds. The summed E-state index contributed by atoms with van der Waals surface area (Å²) in [5, 5.41) is 6.12. The average molecular weight is 349 g/mol. The summed E-state index contributed by atoms with van der Waals surface area (Å²) in [5.41, 5.74) is 0.653. The van der Waals surface area contributed by atoms with Crippen molar-refractivity contribution in [2.75, 3.05) is 25.0 Å². The average Bonchev–Trinajstić information content (AvgIpc) is 2.53. The Hall–Kier alpha value is -1.40. The van der Waals surface area contributed by atoms with Crippen molar-refractivity contribution >= 4 is 24.0 Å². The van der Waals surface area contributed by atoms with E-state index in [0.29, 0.717) is 23.8 Å². The lowest BCUT2D eigenvalue weighted by Crippen LogP contribution is -2.28. The van der Waals surface area contributed by atoms with Crippen molar-refractivity contribution in [3.8, 4) is 5.75 Å². The molecule has 1 aliphatic rings. The van der Waals surface area contributed by atoms with Gasteiger partial charge in [0.2, 0.25) is 5.91 Å². The summed E-state index contributed by atoms with van der Waals surface area (Å²) < 4.78 is 28.9. The predicted molar refractivity (Wildman–Crippen MR) is 88.6 cm³/mol. The smallest absolute Gasteiger partial charge is 0.272 e. The molecule has 1 aromatic rings. The van der Waals surface area contributed by atoms with Crippen molar-refractivity contribution in [3.63, 3.8) is 0 Å². The van der Waals surface area contributed by atoms with Crippen LogP contribution in [0.5, 0.6) is 5.75 Å². The van der Waals surface area contributed by atoms with Crippen molar-refractivity contribution in [1.29, 1.82) is 0 Å². The molecule has 0 saturated carbocycles. The van der Waals surface area contributed by atoms with Crippen molar-refractivity contribution in [3.05, 3.63) is 24.3 Å². The largest absolute Gasteiger partial charge is 0.488 e. The maximum Gasteiger partial charge on any atom is 0.272 e. The van der Waals surface area contributed by atoms with Gasteiger partial charge in [-0.3, -0.25) is 4.79 Å². The molecule has 1 aromatic carbocycles. The number of amides is 1. The van der Waals surface area contributed by atoms with Crippen molar-refractivity contribution < 1.29 is 18.3 Å². The molecular formula is C16H23ClF2N2O2. The highest BCUT2D eigenvalue weighted by atomic mass is 35.5. The zero-order valence-electron chi connectivity index (χ0n) is 12.9. The lowest BCUT2D eigenvalue weighted by molar-refractivity contribution is -0.116. The summed E-state index contributed by atoms with van der Waals surface area (Å²) in [6.45, 7) is 1.45. The molecule has 4 nitrogen and oxygen atoms in total. The second-order valence-corrected chi connectivity index (χ2v) is 5.51. The monoisotopic (exact) mass is 348 g/mol. The molecule has 0 aromatic heterocycles. The first-order chi connectivity index (χ1) is 10.6. The first-order valence-electron chi connectivity index (χ1n) is 7.65. The van der Waals surface area contributed by atoms with Gasteiger partial charge in [-0.2, -0.15) is 0 Å². The summed E-state index contributed by atoms with van der Waals surface area (Å²) in [5.74, 6) is 0.977. The summed E-state index contributed by atoms with van der Waals surface area (Å²) in [6.07, 6.45) is 1.18. The van der Waals surface area contributed by atoms with Crippen LogP contribution in [0.15, 0.2) is 24.3 Å². The molecule has 0 unspecified atom stereocenters. The number of anilines is 1. The highest BCUT2D eigenvalue weighted by Gasteiger charge is 2.14. The van der Waals surface area contributed by atoms with Gasteiger partial charge in [0, 0.05) is 12.1 Å². The summed E-state index contributed by atoms with van der Waals surface area (Å²) >= 11 is 0. The normalized spacial score (nSPS) is 15.1. The van der Waals surface area contributed by atoms with E-state index < -0.39 is 13.0 Å². The fraction of sp³-hybridized carbons (Fsp3) is 0.562. The van der Waals surface area contributed by atoms with Gasteiger partial charge in [0.05, 0.1) is 0 Å². The van der Waals surface area contributed by atoms with Gasteiger partial charge in [-0.05, 0) is 62.5 Å². The number of benzene rings is 1. The molecule has 0 bridgehead atoms. The maximum atomic E-state index is 12.0. The minimum Gasteiger partial charge on any atom is -0.488 e.